The predicted molar refractivity (Wildman–Crippen MR) is 94.2 cm³/mol. The average Bonchev–Trinajstić information content (AvgIpc) is 3.03. The summed E-state index contributed by atoms with van der Waals surface area (Å²) in [6.45, 7) is 1.41. The highest BCUT2D eigenvalue weighted by atomic mass is 32.2. The first-order valence-electron chi connectivity index (χ1n) is 7.45. The summed E-state index contributed by atoms with van der Waals surface area (Å²) >= 11 is 1.37. The Morgan fingerprint density at radius 3 is 2.46 bits per heavy atom. The largest absolute Gasteiger partial charge is 0.335 e. The van der Waals surface area contributed by atoms with Crippen LogP contribution in [-0.4, -0.2) is 60.9 Å². The topological polar surface area (TPSA) is 82.6 Å². The standard InChI is InChI=1S/C15H18N4O3S2/c1-24(21,22)19-9-7-18(8-10-19)14(20)13-11-23-15(17-13)16-12-5-3-2-4-6-12/h2-6,11H,7-10H2,1H3,(H,16,17). The summed E-state index contributed by atoms with van der Waals surface area (Å²) < 4.78 is 24.4. The number of nitrogens with one attached hydrogen (secondary N) is 1. The van der Waals surface area contributed by atoms with E-state index in [4.69, 9.17) is 0 Å². The normalized spacial score (nSPS) is 16.1. The highest BCUT2D eigenvalue weighted by molar-refractivity contribution is 7.88. The number of piperazine rings is 1. The SMILES string of the molecule is CS(=O)(=O)N1CCN(C(=O)c2csc(Nc3ccccc3)n2)CC1. The van der Waals surface area contributed by atoms with E-state index in [-0.39, 0.29) is 5.91 Å². The number of anilines is 2. The molecule has 1 aromatic carbocycles. The molecule has 1 aliphatic heterocycles. The average molecular weight is 366 g/mol. The summed E-state index contributed by atoms with van der Waals surface area (Å²) in [5, 5.41) is 5.53. The third kappa shape index (κ3) is 3.92. The minimum absolute atomic E-state index is 0.166. The van der Waals surface area contributed by atoms with Crippen molar-refractivity contribution in [2.75, 3.05) is 37.8 Å². The lowest BCUT2D eigenvalue weighted by molar-refractivity contribution is 0.0693. The van der Waals surface area contributed by atoms with Crippen molar-refractivity contribution in [3.8, 4) is 0 Å². The number of amides is 1. The molecular weight excluding hydrogens is 348 g/mol. The van der Waals surface area contributed by atoms with Gasteiger partial charge in [-0.25, -0.2) is 13.4 Å². The van der Waals surface area contributed by atoms with E-state index in [0.29, 0.717) is 37.0 Å². The molecule has 0 aliphatic carbocycles. The van der Waals surface area contributed by atoms with E-state index >= 15 is 0 Å². The second-order valence-electron chi connectivity index (χ2n) is 5.48. The summed E-state index contributed by atoms with van der Waals surface area (Å²) in [7, 11) is -3.20. The molecule has 0 atom stereocenters. The van der Waals surface area contributed by atoms with Crippen molar-refractivity contribution in [2.45, 2.75) is 0 Å². The van der Waals surface area contributed by atoms with Crippen molar-refractivity contribution >= 4 is 38.1 Å². The Bertz CT molecular complexity index is 812. The van der Waals surface area contributed by atoms with Gasteiger partial charge in [0.05, 0.1) is 6.26 Å². The summed E-state index contributed by atoms with van der Waals surface area (Å²) in [6.07, 6.45) is 1.19. The van der Waals surface area contributed by atoms with Gasteiger partial charge in [0.2, 0.25) is 10.0 Å². The number of benzene rings is 1. The second-order valence-corrected chi connectivity index (χ2v) is 8.32. The zero-order valence-electron chi connectivity index (χ0n) is 13.2. The summed E-state index contributed by atoms with van der Waals surface area (Å²) in [5.74, 6) is -0.166. The molecule has 7 nitrogen and oxygen atoms in total. The molecule has 1 saturated heterocycles. The zero-order valence-corrected chi connectivity index (χ0v) is 14.8. The molecule has 128 valence electrons. The Morgan fingerprint density at radius 2 is 1.83 bits per heavy atom. The number of para-hydroxylation sites is 1. The van der Waals surface area contributed by atoms with Gasteiger partial charge in [0, 0.05) is 37.2 Å². The first-order valence-corrected chi connectivity index (χ1v) is 10.2. The summed E-state index contributed by atoms with van der Waals surface area (Å²) in [4.78, 5) is 18.5. The fourth-order valence-electron chi connectivity index (χ4n) is 2.46. The van der Waals surface area contributed by atoms with E-state index in [2.05, 4.69) is 10.3 Å². The number of hydrogen-bond acceptors (Lipinski definition) is 6. The lowest BCUT2D eigenvalue weighted by atomic mass is 10.3. The van der Waals surface area contributed by atoms with Gasteiger partial charge in [0.25, 0.3) is 5.91 Å². The van der Waals surface area contributed by atoms with Crippen LogP contribution in [0.3, 0.4) is 0 Å². The number of aromatic nitrogens is 1. The van der Waals surface area contributed by atoms with E-state index in [1.54, 1.807) is 10.3 Å². The van der Waals surface area contributed by atoms with Gasteiger partial charge in [-0.1, -0.05) is 18.2 Å². The Kier molecular flexibility index (Phi) is 4.83. The number of carbonyl (C=O) groups is 1. The van der Waals surface area contributed by atoms with Gasteiger partial charge in [-0.05, 0) is 12.1 Å². The van der Waals surface area contributed by atoms with Crippen molar-refractivity contribution in [2.24, 2.45) is 0 Å². The number of carbonyl (C=O) groups excluding carboxylic acids is 1. The van der Waals surface area contributed by atoms with Crippen LogP contribution in [-0.2, 0) is 10.0 Å². The van der Waals surface area contributed by atoms with Crippen LogP contribution in [0.2, 0.25) is 0 Å². The van der Waals surface area contributed by atoms with Crippen molar-refractivity contribution in [1.29, 1.82) is 0 Å². The highest BCUT2D eigenvalue weighted by Crippen LogP contribution is 2.22. The molecule has 0 saturated carbocycles. The number of nitrogens with zero attached hydrogens (tertiary/aromatic N) is 3. The fourth-order valence-corrected chi connectivity index (χ4v) is 3.99. The van der Waals surface area contributed by atoms with Crippen molar-refractivity contribution in [1.82, 2.24) is 14.2 Å². The van der Waals surface area contributed by atoms with Gasteiger partial charge in [-0.2, -0.15) is 4.31 Å². The van der Waals surface area contributed by atoms with Crippen molar-refractivity contribution < 1.29 is 13.2 Å². The third-order valence-electron chi connectivity index (χ3n) is 3.74. The van der Waals surface area contributed by atoms with Crippen LogP contribution >= 0.6 is 11.3 Å². The summed E-state index contributed by atoms with van der Waals surface area (Å²) in [5.41, 5.74) is 1.29. The first-order chi connectivity index (χ1) is 11.4. The maximum atomic E-state index is 12.5. The van der Waals surface area contributed by atoms with Gasteiger partial charge in [0.1, 0.15) is 5.69 Å². The van der Waals surface area contributed by atoms with Gasteiger partial charge < -0.3 is 10.2 Å². The molecule has 1 aliphatic rings. The van der Waals surface area contributed by atoms with Crippen molar-refractivity contribution in [3.05, 3.63) is 41.4 Å². The number of rotatable bonds is 4. The molecule has 3 rings (SSSR count). The lowest BCUT2D eigenvalue weighted by Gasteiger charge is -2.32. The van der Waals surface area contributed by atoms with E-state index in [9.17, 15) is 13.2 Å². The van der Waals surface area contributed by atoms with E-state index < -0.39 is 10.0 Å². The smallest absolute Gasteiger partial charge is 0.273 e. The van der Waals surface area contributed by atoms with Gasteiger partial charge in [0.15, 0.2) is 5.13 Å². The maximum Gasteiger partial charge on any atom is 0.273 e. The van der Waals surface area contributed by atoms with Gasteiger partial charge in [-0.15, -0.1) is 11.3 Å². The van der Waals surface area contributed by atoms with Gasteiger partial charge >= 0.3 is 0 Å². The minimum Gasteiger partial charge on any atom is -0.335 e. The zero-order chi connectivity index (χ0) is 17.2. The van der Waals surface area contributed by atoms with Crippen LogP contribution in [0.1, 0.15) is 10.5 Å². The molecule has 1 N–H and O–H groups in total. The van der Waals surface area contributed by atoms with E-state index in [1.807, 2.05) is 30.3 Å². The minimum atomic E-state index is -3.20. The van der Waals surface area contributed by atoms with Crippen LogP contribution in [0.4, 0.5) is 10.8 Å². The Morgan fingerprint density at radius 1 is 1.17 bits per heavy atom. The van der Waals surface area contributed by atoms with Crippen molar-refractivity contribution in [3.63, 3.8) is 0 Å². The molecule has 1 fully saturated rings. The Labute approximate surface area is 145 Å². The molecule has 0 radical (unpaired) electrons. The first kappa shape index (κ1) is 16.9. The van der Waals surface area contributed by atoms with Crippen LogP contribution in [0.25, 0.3) is 0 Å². The molecule has 1 aromatic heterocycles. The van der Waals surface area contributed by atoms with Gasteiger partial charge in [-0.3, -0.25) is 4.79 Å². The molecule has 0 spiro atoms. The van der Waals surface area contributed by atoms with Crippen LogP contribution in [0, 0.1) is 0 Å². The molecule has 0 bridgehead atoms. The molecule has 0 unspecified atom stereocenters. The summed E-state index contributed by atoms with van der Waals surface area (Å²) in [6, 6.07) is 9.62. The number of hydrogen-bond donors (Lipinski definition) is 1. The molecule has 1 amide bonds. The van der Waals surface area contributed by atoms with E-state index in [1.165, 1.54) is 21.9 Å². The molecule has 24 heavy (non-hydrogen) atoms. The third-order valence-corrected chi connectivity index (χ3v) is 5.80. The number of thiazole rings is 1. The quantitative estimate of drug-likeness (QED) is 0.889. The molecule has 2 heterocycles. The number of sulfonamides is 1. The highest BCUT2D eigenvalue weighted by Gasteiger charge is 2.27. The fraction of sp³-hybridized carbons (Fsp3) is 0.333. The van der Waals surface area contributed by atoms with Crippen LogP contribution in [0.15, 0.2) is 35.7 Å². The Hall–Kier alpha value is -1.97. The second kappa shape index (κ2) is 6.88. The monoisotopic (exact) mass is 366 g/mol. The Balaban J connectivity index is 1.62. The van der Waals surface area contributed by atoms with Crippen LogP contribution < -0.4 is 5.32 Å². The predicted octanol–water partition coefficient (Wildman–Crippen LogP) is 1.60. The maximum absolute atomic E-state index is 12.5. The molecule has 2 aromatic rings. The lowest BCUT2D eigenvalue weighted by Crippen LogP contribution is -2.50. The molecular formula is C15H18N4O3S2. The van der Waals surface area contributed by atoms with E-state index in [0.717, 1.165) is 5.69 Å². The van der Waals surface area contributed by atoms with Crippen LogP contribution in [0.5, 0.6) is 0 Å². The molecule has 9 heteroatoms.